The van der Waals surface area contributed by atoms with Crippen molar-refractivity contribution < 1.29 is 4.79 Å². The van der Waals surface area contributed by atoms with E-state index in [4.69, 9.17) is 0 Å². The Morgan fingerprint density at radius 2 is 1.76 bits per heavy atom. The van der Waals surface area contributed by atoms with Crippen molar-refractivity contribution in [3.8, 4) is 0 Å². The van der Waals surface area contributed by atoms with Gasteiger partial charge in [-0.3, -0.25) is 4.79 Å². The van der Waals surface area contributed by atoms with Gasteiger partial charge in [0.15, 0.2) is 0 Å². The zero-order valence-electron chi connectivity index (χ0n) is 16.8. The minimum Gasteiger partial charge on any atom is -0.343 e. The van der Waals surface area contributed by atoms with Crippen LogP contribution < -0.4 is 0 Å². The maximum atomic E-state index is 13.7. The zero-order valence-corrected chi connectivity index (χ0v) is 16.8. The minimum absolute atomic E-state index is 0.241. The lowest BCUT2D eigenvalue weighted by molar-refractivity contribution is 0.00826. The highest BCUT2D eigenvalue weighted by atomic mass is 16.2. The number of carbonyl (C=O) groups excluding carboxylic acids is 1. The summed E-state index contributed by atoms with van der Waals surface area (Å²) >= 11 is 0. The number of piperidine rings is 3. The second-order valence-corrected chi connectivity index (χ2v) is 8.92. The Morgan fingerprint density at radius 1 is 0.931 bits per heavy atom. The maximum Gasteiger partial charge on any atom is 0.254 e. The molecule has 3 aromatic rings. The maximum absolute atomic E-state index is 13.7. The van der Waals surface area contributed by atoms with Gasteiger partial charge in [-0.1, -0.05) is 36.4 Å². The van der Waals surface area contributed by atoms with Crippen molar-refractivity contribution >= 4 is 16.8 Å². The SMILES string of the molecule is O=C1c2cccc3c2c(cn3Cc2ccccc2)CCN1[C@H]1CN2CCC1CC2. The molecule has 1 atom stereocenters. The fourth-order valence-electron chi connectivity index (χ4n) is 5.82. The highest BCUT2D eigenvalue weighted by Crippen LogP contribution is 2.35. The van der Waals surface area contributed by atoms with Gasteiger partial charge >= 0.3 is 0 Å². The van der Waals surface area contributed by atoms with Gasteiger partial charge in [0.25, 0.3) is 5.91 Å². The van der Waals surface area contributed by atoms with Gasteiger partial charge in [-0.15, -0.1) is 0 Å². The molecule has 3 fully saturated rings. The van der Waals surface area contributed by atoms with E-state index in [-0.39, 0.29) is 5.91 Å². The van der Waals surface area contributed by atoms with Gasteiger partial charge in [0.05, 0.1) is 0 Å². The van der Waals surface area contributed by atoms with E-state index in [1.54, 1.807) is 0 Å². The molecule has 4 aliphatic heterocycles. The van der Waals surface area contributed by atoms with Crippen LogP contribution in [-0.4, -0.2) is 52.5 Å². The van der Waals surface area contributed by atoms with Crippen LogP contribution in [0.5, 0.6) is 0 Å². The normalized spacial score (nSPS) is 26.1. The lowest BCUT2D eigenvalue weighted by atomic mass is 9.83. The summed E-state index contributed by atoms with van der Waals surface area (Å²) in [4.78, 5) is 18.4. The number of fused-ring (bicyclic) bond motifs is 3. The molecule has 2 aromatic carbocycles. The highest BCUT2D eigenvalue weighted by molar-refractivity contribution is 6.08. The first kappa shape index (κ1) is 17.3. The third-order valence-corrected chi connectivity index (χ3v) is 7.32. The van der Waals surface area contributed by atoms with E-state index in [1.807, 2.05) is 6.07 Å². The molecule has 0 unspecified atom stereocenters. The first-order chi connectivity index (χ1) is 14.3. The number of nitrogens with zero attached hydrogens (tertiary/aromatic N) is 3. The van der Waals surface area contributed by atoms with Crippen molar-refractivity contribution in [2.45, 2.75) is 31.8 Å². The fraction of sp³-hybridized carbons (Fsp3) is 0.400. The summed E-state index contributed by atoms with van der Waals surface area (Å²) in [6.07, 6.45) is 5.72. The van der Waals surface area contributed by atoms with E-state index in [0.29, 0.717) is 12.0 Å². The summed E-state index contributed by atoms with van der Waals surface area (Å²) in [6, 6.07) is 17.2. The van der Waals surface area contributed by atoms with Gasteiger partial charge in [-0.25, -0.2) is 0 Å². The summed E-state index contributed by atoms with van der Waals surface area (Å²) in [5, 5.41) is 1.18. The van der Waals surface area contributed by atoms with Crippen molar-refractivity contribution in [3.63, 3.8) is 0 Å². The molecular weight excluding hydrogens is 358 g/mol. The standard InChI is InChI=1S/C25H27N3O/c29-25-21-7-4-8-22-24(21)20(16-27(22)15-18-5-2-1-3-6-18)11-14-28(25)23-17-26-12-9-19(23)10-13-26/h1-8,16,19,23H,9-15,17H2/t23-/m0/s1. The number of hydrogen-bond acceptors (Lipinski definition) is 2. The monoisotopic (exact) mass is 385 g/mol. The van der Waals surface area contributed by atoms with Crippen molar-refractivity contribution in [3.05, 3.63) is 71.4 Å². The molecule has 148 valence electrons. The van der Waals surface area contributed by atoms with Crippen LogP contribution in [0.3, 0.4) is 0 Å². The second kappa shape index (κ2) is 6.74. The minimum atomic E-state index is 0.241. The van der Waals surface area contributed by atoms with Crippen LogP contribution in [0.25, 0.3) is 10.9 Å². The molecule has 3 saturated heterocycles. The summed E-state index contributed by atoms with van der Waals surface area (Å²) < 4.78 is 2.32. The predicted octanol–water partition coefficient (Wildman–Crippen LogP) is 3.78. The van der Waals surface area contributed by atoms with Crippen LogP contribution in [0, 0.1) is 5.92 Å². The first-order valence-corrected chi connectivity index (χ1v) is 11.0. The molecule has 0 aliphatic carbocycles. The van der Waals surface area contributed by atoms with Gasteiger partial charge in [0, 0.05) is 48.3 Å². The van der Waals surface area contributed by atoms with E-state index in [2.05, 4.69) is 63.0 Å². The Kier molecular flexibility index (Phi) is 4.01. The van der Waals surface area contributed by atoms with E-state index in [1.165, 1.54) is 48.0 Å². The third kappa shape index (κ3) is 2.81. The summed E-state index contributed by atoms with van der Waals surface area (Å²) in [5.74, 6) is 0.921. The number of hydrogen-bond donors (Lipinski definition) is 0. The van der Waals surface area contributed by atoms with Crippen LogP contribution in [0.2, 0.25) is 0 Å². The molecule has 1 aromatic heterocycles. The lowest BCUT2D eigenvalue weighted by Gasteiger charge is -2.49. The van der Waals surface area contributed by atoms with Gasteiger partial charge in [0.2, 0.25) is 0 Å². The van der Waals surface area contributed by atoms with E-state index in [9.17, 15) is 4.79 Å². The largest absolute Gasteiger partial charge is 0.343 e. The van der Waals surface area contributed by atoms with E-state index in [0.717, 1.165) is 31.6 Å². The van der Waals surface area contributed by atoms with Crippen molar-refractivity contribution in [1.82, 2.24) is 14.4 Å². The summed E-state index contributed by atoms with van der Waals surface area (Å²) in [7, 11) is 0. The zero-order chi connectivity index (χ0) is 19.4. The Balaban J connectivity index is 1.38. The molecule has 29 heavy (non-hydrogen) atoms. The lowest BCUT2D eigenvalue weighted by Crippen LogP contribution is -2.58. The smallest absolute Gasteiger partial charge is 0.254 e. The Morgan fingerprint density at radius 3 is 2.52 bits per heavy atom. The average molecular weight is 386 g/mol. The van der Waals surface area contributed by atoms with Crippen LogP contribution in [0.15, 0.2) is 54.7 Å². The Labute approximate surface area is 171 Å². The van der Waals surface area contributed by atoms with Gasteiger partial charge in [-0.05, 0) is 61.5 Å². The number of rotatable bonds is 3. The van der Waals surface area contributed by atoms with Crippen LogP contribution >= 0.6 is 0 Å². The van der Waals surface area contributed by atoms with E-state index < -0.39 is 0 Å². The number of aromatic nitrogens is 1. The van der Waals surface area contributed by atoms with Gasteiger partial charge < -0.3 is 14.4 Å². The molecule has 4 aliphatic rings. The molecule has 7 rings (SSSR count). The molecular formula is C25H27N3O. The van der Waals surface area contributed by atoms with Crippen molar-refractivity contribution in [1.29, 1.82) is 0 Å². The van der Waals surface area contributed by atoms with Crippen LogP contribution in [-0.2, 0) is 13.0 Å². The molecule has 1 amide bonds. The molecule has 2 bridgehead atoms. The molecule has 0 saturated carbocycles. The number of benzene rings is 2. The molecule has 0 radical (unpaired) electrons. The highest BCUT2D eigenvalue weighted by Gasteiger charge is 2.40. The quantitative estimate of drug-likeness (QED) is 0.686. The summed E-state index contributed by atoms with van der Waals surface area (Å²) in [5.41, 5.74) is 4.70. The molecule has 0 spiro atoms. The second-order valence-electron chi connectivity index (χ2n) is 8.92. The number of carbonyl (C=O) groups is 1. The Hall–Kier alpha value is -2.59. The molecule has 0 N–H and O–H groups in total. The van der Waals surface area contributed by atoms with Crippen LogP contribution in [0.1, 0.15) is 34.3 Å². The Bertz CT molecular complexity index is 1060. The average Bonchev–Trinajstić information content (AvgIpc) is 3.05. The molecule has 4 heteroatoms. The summed E-state index contributed by atoms with van der Waals surface area (Å²) in [6.45, 7) is 5.17. The fourth-order valence-corrected chi connectivity index (χ4v) is 5.82. The van der Waals surface area contributed by atoms with Crippen LogP contribution in [0.4, 0.5) is 0 Å². The van der Waals surface area contributed by atoms with Crippen molar-refractivity contribution in [2.75, 3.05) is 26.2 Å². The molecule has 4 nitrogen and oxygen atoms in total. The first-order valence-electron chi connectivity index (χ1n) is 11.0. The number of amides is 1. The topological polar surface area (TPSA) is 28.5 Å². The molecule has 5 heterocycles. The predicted molar refractivity (Wildman–Crippen MR) is 115 cm³/mol. The third-order valence-electron chi connectivity index (χ3n) is 7.32. The van der Waals surface area contributed by atoms with Gasteiger partial charge in [0.1, 0.15) is 0 Å². The van der Waals surface area contributed by atoms with Gasteiger partial charge in [-0.2, -0.15) is 0 Å². The van der Waals surface area contributed by atoms with E-state index >= 15 is 0 Å². The van der Waals surface area contributed by atoms with Crippen molar-refractivity contribution in [2.24, 2.45) is 5.92 Å².